The number of hydrogen-bond acceptors (Lipinski definition) is 2. The third-order valence-corrected chi connectivity index (χ3v) is 3.02. The average molecular weight is 231 g/mol. The van der Waals surface area contributed by atoms with Crippen LogP contribution in [0.4, 0.5) is 0 Å². The fraction of sp³-hybridized carbons (Fsp3) is 0.385. The molecule has 90 valence electrons. The summed E-state index contributed by atoms with van der Waals surface area (Å²) in [6.07, 6.45) is 1.76. The van der Waals surface area contributed by atoms with Crippen LogP contribution in [0, 0.1) is 0 Å². The number of aromatic nitrogens is 2. The molecule has 0 aliphatic rings. The Morgan fingerprint density at radius 2 is 2.06 bits per heavy atom. The quantitative estimate of drug-likeness (QED) is 0.811. The lowest BCUT2D eigenvalue weighted by atomic mass is 10.1. The summed E-state index contributed by atoms with van der Waals surface area (Å²) in [5.41, 5.74) is 2.64. The molecule has 1 heterocycles. The summed E-state index contributed by atoms with van der Waals surface area (Å²) in [5, 5.41) is 0. The zero-order chi connectivity index (χ0) is 12.4. The van der Waals surface area contributed by atoms with Crippen LogP contribution in [0.5, 0.6) is 0 Å². The van der Waals surface area contributed by atoms with Crippen LogP contribution >= 0.6 is 0 Å². The number of carbonyl (C=O) groups is 1. The van der Waals surface area contributed by atoms with Gasteiger partial charge in [0.25, 0.3) is 5.91 Å². The van der Waals surface area contributed by atoms with Gasteiger partial charge in [-0.15, -0.1) is 0 Å². The number of hydrogen-bond donors (Lipinski definition) is 0. The molecule has 4 nitrogen and oxygen atoms in total. The van der Waals surface area contributed by atoms with Crippen molar-refractivity contribution in [3.05, 3.63) is 30.1 Å². The molecule has 1 amide bonds. The molecule has 17 heavy (non-hydrogen) atoms. The van der Waals surface area contributed by atoms with Gasteiger partial charge in [-0.25, -0.2) is 4.98 Å². The van der Waals surface area contributed by atoms with E-state index in [1.165, 1.54) is 0 Å². The Balaban J connectivity index is 2.41. The number of imidazole rings is 1. The van der Waals surface area contributed by atoms with E-state index in [2.05, 4.69) is 4.98 Å². The number of carbonyl (C=O) groups excluding carboxylic acids is 1. The molecule has 2 aromatic rings. The highest BCUT2D eigenvalue weighted by atomic mass is 16.2. The normalized spacial score (nSPS) is 10.8. The molecule has 0 saturated carbocycles. The molecule has 0 spiro atoms. The Morgan fingerprint density at radius 3 is 2.71 bits per heavy atom. The number of aryl methyl sites for hydroxylation is 1. The van der Waals surface area contributed by atoms with Gasteiger partial charge >= 0.3 is 0 Å². The van der Waals surface area contributed by atoms with E-state index in [0.29, 0.717) is 0 Å². The Labute approximate surface area is 101 Å². The zero-order valence-corrected chi connectivity index (χ0v) is 10.5. The van der Waals surface area contributed by atoms with Gasteiger partial charge in [-0.2, -0.15) is 0 Å². The van der Waals surface area contributed by atoms with Crippen LogP contribution in [0.25, 0.3) is 11.0 Å². The van der Waals surface area contributed by atoms with E-state index in [9.17, 15) is 4.79 Å². The first kappa shape index (κ1) is 11.6. The Morgan fingerprint density at radius 1 is 1.35 bits per heavy atom. The molecule has 0 saturated heterocycles. The van der Waals surface area contributed by atoms with E-state index in [-0.39, 0.29) is 5.91 Å². The zero-order valence-electron chi connectivity index (χ0n) is 10.5. The van der Waals surface area contributed by atoms with Gasteiger partial charge in [0, 0.05) is 25.7 Å². The number of benzene rings is 1. The van der Waals surface area contributed by atoms with Crippen LogP contribution in [-0.2, 0) is 7.05 Å². The van der Waals surface area contributed by atoms with E-state index >= 15 is 0 Å². The van der Waals surface area contributed by atoms with E-state index < -0.39 is 0 Å². The monoisotopic (exact) mass is 231 g/mol. The third-order valence-electron chi connectivity index (χ3n) is 3.02. The van der Waals surface area contributed by atoms with Crippen molar-refractivity contribution in [2.45, 2.75) is 13.8 Å². The fourth-order valence-corrected chi connectivity index (χ4v) is 1.95. The van der Waals surface area contributed by atoms with Crippen LogP contribution in [0.1, 0.15) is 24.2 Å². The van der Waals surface area contributed by atoms with Crippen LogP contribution < -0.4 is 0 Å². The van der Waals surface area contributed by atoms with Crippen LogP contribution in [0.15, 0.2) is 24.5 Å². The number of fused-ring (bicyclic) bond motifs is 1. The van der Waals surface area contributed by atoms with Gasteiger partial charge in [0.15, 0.2) is 0 Å². The van der Waals surface area contributed by atoms with E-state index in [1.54, 1.807) is 6.33 Å². The first-order valence-electron chi connectivity index (χ1n) is 5.87. The molecule has 1 aromatic carbocycles. The second kappa shape index (κ2) is 4.57. The summed E-state index contributed by atoms with van der Waals surface area (Å²) in [5.74, 6) is 0.0816. The third kappa shape index (κ3) is 2.02. The van der Waals surface area contributed by atoms with Crippen LogP contribution in [0.2, 0.25) is 0 Å². The van der Waals surface area contributed by atoms with Crippen molar-refractivity contribution in [3.8, 4) is 0 Å². The van der Waals surface area contributed by atoms with E-state index in [4.69, 9.17) is 0 Å². The summed E-state index contributed by atoms with van der Waals surface area (Å²) in [7, 11) is 1.93. The number of rotatable bonds is 3. The maximum Gasteiger partial charge on any atom is 0.253 e. The highest BCUT2D eigenvalue weighted by Crippen LogP contribution is 2.15. The largest absolute Gasteiger partial charge is 0.339 e. The second-order valence-electron chi connectivity index (χ2n) is 4.04. The molecule has 0 aliphatic heterocycles. The average Bonchev–Trinajstić information content (AvgIpc) is 2.72. The summed E-state index contributed by atoms with van der Waals surface area (Å²) < 4.78 is 1.92. The summed E-state index contributed by atoms with van der Waals surface area (Å²) in [6.45, 7) is 5.45. The minimum Gasteiger partial charge on any atom is -0.339 e. The van der Waals surface area contributed by atoms with Crippen molar-refractivity contribution in [2.24, 2.45) is 7.05 Å². The van der Waals surface area contributed by atoms with Crippen molar-refractivity contribution >= 4 is 16.9 Å². The topological polar surface area (TPSA) is 38.1 Å². The minimum atomic E-state index is 0.0816. The number of nitrogens with zero attached hydrogens (tertiary/aromatic N) is 3. The molecule has 1 aromatic heterocycles. The SMILES string of the molecule is CCN(CC)C(=O)c1ccc2ncn(C)c2c1. The van der Waals surface area contributed by atoms with Crippen molar-refractivity contribution < 1.29 is 4.79 Å². The Kier molecular flexibility index (Phi) is 3.13. The van der Waals surface area contributed by atoms with Crippen molar-refractivity contribution in [3.63, 3.8) is 0 Å². The van der Waals surface area contributed by atoms with Crippen molar-refractivity contribution in [1.82, 2.24) is 14.5 Å². The molecule has 0 radical (unpaired) electrons. The van der Waals surface area contributed by atoms with Gasteiger partial charge in [0.1, 0.15) is 0 Å². The van der Waals surface area contributed by atoms with Crippen LogP contribution in [0.3, 0.4) is 0 Å². The first-order chi connectivity index (χ1) is 8.17. The fourth-order valence-electron chi connectivity index (χ4n) is 1.95. The van der Waals surface area contributed by atoms with Crippen molar-refractivity contribution in [2.75, 3.05) is 13.1 Å². The first-order valence-corrected chi connectivity index (χ1v) is 5.87. The van der Waals surface area contributed by atoms with E-state index in [1.807, 2.05) is 48.6 Å². The highest BCUT2D eigenvalue weighted by molar-refractivity contribution is 5.97. The highest BCUT2D eigenvalue weighted by Gasteiger charge is 2.13. The molecule has 0 N–H and O–H groups in total. The standard InChI is InChI=1S/C13H17N3O/c1-4-16(5-2)13(17)10-6-7-11-12(8-10)15(3)9-14-11/h6-9H,4-5H2,1-3H3. The molecule has 4 heteroatoms. The van der Waals surface area contributed by atoms with Gasteiger partial charge in [-0.05, 0) is 32.0 Å². The van der Waals surface area contributed by atoms with Gasteiger partial charge in [0.2, 0.25) is 0 Å². The summed E-state index contributed by atoms with van der Waals surface area (Å²) in [4.78, 5) is 18.2. The van der Waals surface area contributed by atoms with Crippen molar-refractivity contribution in [1.29, 1.82) is 0 Å². The predicted octanol–water partition coefficient (Wildman–Crippen LogP) is 2.06. The molecule has 2 rings (SSSR count). The lowest BCUT2D eigenvalue weighted by Crippen LogP contribution is -2.30. The summed E-state index contributed by atoms with van der Waals surface area (Å²) in [6, 6.07) is 5.64. The molecule has 0 fully saturated rings. The molecular weight excluding hydrogens is 214 g/mol. The smallest absolute Gasteiger partial charge is 0.253 e. The maximum absolute atomic E-state index is 12.2. The van der Waals surface area contributed by atoms with Gasteiger partial charge in [-0.1, -0.05) is 0 Å². The predicted molar refractivity (Wildman–Crippen MR) is 68.0 cm³/mol. The Bertz CT molecular complexity index is 541. The Hall–Kier alpha value is -1.84. The second-order valence-corrected chi connectivity index (χ2v) is 4.04. The molecule has 0 bridgehead atoms. The molecule has 0 aliphatic carbocycles. The number of amides is 1. The summed E-state index contributed by atoms with van der Waals surface area (Å²) >= 11 is 0. The lowest BCUT2D eigenvalue weighted by molar-refractivity contribution is 0.0773. The molecule has 0 unspecified atom stereocenters. The van der Waals surface area contributed by atoms with Gasteiger partial charge in [-0.3, -0.25) is 4.79 Å². The van der Waals surface area contributed by atoms with Crippen LogP contribution in [-0.4, -0.2) is 33.4 Å². The molecule has 0 atom stereocenters. The van der Waals surface area contributed by atoms with Gasteiger partial charge < -0.3 is 9.47 Å². The lowest BCUT2D eigenvalue weighted by Gasteiger charge is -2.18. The molecular formula is C13H17N3O. The van der Waals surface area contributed by atoms with E-state index in [0.717, 1.165) is 29.7 Å². The minimum absolute atomic E-state index is 0.0816. The van der Waals surface area contributed by atoms with Gasteiger partial charge in [0.05, 0.1) is 17.4 Å². The maximum atomic E-state index is 12.2.